The van der Waals surface area contributed by atoms with Gasteiger partial charge < -0.3 is 9.84 Å². The number of hydrogen-bond donors (Lipinski definition) is 1. The summed E-state index contributed by atoms with van der Waals surface area (Å²) < 4.78 is 68.2. The van der Waals surface area contributed by atoms with Crippen LogP contribution in [0.2, 0.25) is 0 Å². The zero-order valence-electron chi connectivity index (χ0n) is 14.4. The molecule has 3 rings (SSSR count). The van der Waals surface area contributed by atoms with E-state index in [1.165, 1.54) is 24.3 Å². The molecule has 2 aromatic rings. The van der Waals surface area contributed by atoms with E-state index in [0.717, 1.165) is 18.7 Å². The molecular formula is C18H18F3NO4S. The lowest BCUT2D eigenvalue weighted by Crippen LogP contribution is -2.26. The molecular weight excluding hydrogens is 383 g/mol. The molecule has 27 heavy (non-hydrogen) atoms. The van der Waals surface area contributed by atoms with Crippen molar-refractivity contribution in [1.82, 2.24) is 4.98 Å². The molecule has 0 spiro atoms. The first-order chi connectivity index (χ1) is 12.6. The second kappa shape index (κ2) is 7.12. The van der Waals surface area contributed by atoms with Crippen LogP contribution in [0.3, 0.4) is 0 Å². The van der Waals surface area contributed by atoms with Crippen molar-refractivity contribution in [3.63, 3.8) is 0 Å². The molecule has 0 amide bonds. The lowest BCUT2D eigenvalue weighted by molar-refractivity contribution is -0.137. The Morgan fingerprint density at radius 3 is 2.37 bits per heavy atom. The molecule has 2 atom stereocenters. The Morgan fingerprint density at radius 2 is 1.85 bits per heavy atom. The van der Waals surface area contributed by atoms with E-state index in [0.29, 0.717) is 24.6 Å². The molecule has 1 aliphatic carbocycles. The minimum atomic E-state index is -4.58. The van der Waals surface area contributed by atoms with Gasteiger partial charge in [0.15, 0.2) is 9.84 Å². The molecule has 0 saturated heterocycles. The largest absolute Gasteiger partial charge is 0.471 e. The standard InChI is InChI=1S/C18H18F3NO4S/c1-27(24,25)13-7-5-11(6-8-13)14-9-12(18(19,20)21)10-22-17(14)26-16-4-2-3-15(16)23/h5-10,15-16,23H,2-4H2,1H3/t15-,16-/m1/s1. The first-order valence-corrected chi connectivity index (χ1v) is 10.2. The average Bonchev–Trinajstić information content (AvgIpc) is 2.98. The van der Waals surface area contributed by atoms with E-state index in [1.807, 2.05) is 0 Å². The summed E-state index contributed by atoms with van der Waals surface area (Å²) in [5.74, 6) is -0.0268. The van der Waals surface area contributed by atoms with Crippen LogP contribution in [0.1, 0.15) is 24.8 Å². The molecule has 1 aromatic heterocycles. The van der Waals surface area contributed by atoms with Gasteiger partial charge in [-0.1, -0.05) is 12.1 Å². The number of alkyl halides is 3. The molecule has 1 aliphatic rings. The van der Waals surface area contributed by atoms with Crippen LogP contribution in [0, 0.1) is 0 Å². The highest BCUT2D eigenvalue weighted by Gasteiger charge is 2.33. The molecule has 0 bridgehead atoms. The van der Waals surface area contributed by atoms with E-state index < -0.39 is 33.8 Å². The van der Waals surface area contributed by atoms with Gasteiger partial charge in [-0.2, -0.15) is 13.2 Å². The van der Waals surface area contributed by atoms with Crippen molar-refractivity contribution in [3.8, 4) is 17.0 Å². The topological polar surface area (TPSA) is 76.5 Å². The Kier molecular flexibility index (Phi) is 5.18. The number of nitrogens with zero attached hydrogens (tertiary/aromatic N) is 1. The number of aromatic nitrogens is 1. The summed E-state index contributed by atoms with van der Waals surface area (Å²) in [5, 5.41) is 9.92. The Labute approximate surface area is 154 Å². The van der Waals surface area contributed by atoms with E-state index in [-0.39, 0.29) is 16.3 Å². The number of ether oxygens (including phenoxy) is 1. The molecule has 5 nitrogen and oxygen atoms in total. The number of hydrogen-bond acceptors (Lipinski definition) is 5. The second-order valence-electron chi connectivity index (χ2n) is 6.53. The molecule has 9 heteroatoms. The third kappa shape index (κ3) is 4.41. The molecule has 0 unspecified atom stereocenters. The Bertz CT molecular complexity index is 927. The molecule has 1 N–H and O–H groups in total. The van der Waals surface area contributed by atoms with Gasteiger partial charge in [0.2, 0.25) is 5.88 Å². The molecule has 1 fully saturated rings. The van der Waals surface area contributed by atoms with Gasteiger partial charge in [0.25, 0.3) is 0 Å². The number of rotatable bonds is 4. The fraction of sp³-hybridized carbons (Fsp3) is 0.389. The highest BCUT2D eigenvalue weighted by molar-refractivity contribution is 7.90. The van der Waals surface area contributed by atoms with Crippen molar-refractivity contribution in [2.45, 2.75) is 42.5 Å². The normalized spacial score (nSPS) is 20.6. The molecule has 1 heterocycles. The highest BCUT2D eigenvalue weighted by Crippen LogP contribution is 2.37. The quantitative estimate of drug-likeness (QED) is 0.849. The second-order valence-corrected chi connectivity index (χ2v) is 8.54. The van der Waals surface area contributed by atoms with E-state index in [9.17, 15) is 26.7 Å². The average molecular weight is 401 g/mol. The monoisotopic (exact) mass is 401 g/mol. The predicted octanol–water partition coefficient (Wildman–Crippen LogP) is 3.46. The van der Waals surface area contributed by atoms with Crippen LogP contribution >= 0.6 is 0 Å². The summed E-state index contributed by atoms with van der Waals surface area (Å²) >= 11 is 0. The van der Waals surface area contributed by atoms with Crippen LogP contribution in [0.5, 0.6) is 5.88 Å². The molecule has 1 saturated carbocycles. The van der Waals surface area contributed by atoms with Crippen molar-refractivity contribution in [1.29, 1.82) is 0 Å². The summed E-state index contributed by atoms with van der Waals surface area (Å²) in [6, 6.07) is 6.37. The molecule has 146 valence electrons. The Hall–Kier alpha value is -2.13. The van der Waals surface area contributed by atoms with Crippen LogP contribution in [0.15, 0.2) is 41.4 Å². The van der Waals surface area contributed by atoms with E-state index in [2.05, 4.69) is 4.98 Å². The fourth-order valence-electron chi connectivity index (χ4n) is 2.98. The van der Waals surface area contributed by atoms with Crippen molar-refractivity contribution in [2.24, 2.45) is 0 Å². The smallest absolute Gasteiger partial charge is 0.417 e. The maximum Gasteiger partial charge on any atom is 0.417 e. The number of halogens is 3. The first kappa shape index (κ1) is 19.6. The van der Waals surface area contributed by atoms with Gasteiger partial charge in [-0.3, -0.25) is 0 Å². The van der Waals surface area contributed by atoms with Gasteiger partial charge in [-0.25, -0.2) is 13.4 Å². The van der Waals surface area contributed by atoms with Crippen molar-refractivity contribution in [2.75, 3.05) is 6.26 Å². The van der Waals surface area contributed by atoms with Crippen LogP contribution in [0.25, 0.3) is 11.1 Å². The zero-order chi connectivity index (χ0) is 19.8. The van der Waals surface area contributed by atoms with Gasteiger partial charge in [0.05, 0.1) is 16.6 Å². The van der Waals surface area contributed by atoms with Crippen molar-refractivity contribution in [3.05, 3.63) is 42.1 Å². The first-order valence-electron chi connectivity index (χ1n) is 8.28. The fourth-order valence-corrected chi connectivity index (χ4v) is 3.61. The van der Waals surface area contributed by atoms with Crippen molar-refractivity contribution < 1.29 is 31.4 Å². The summed E-state index contributed by atoms with van der Waals surface area (Å²) in [6.45, 7) is 0. The maximum absolute atomic E-state index is 13.1. The van der Waals surface area contributed by atoms with E-state index >= 15 is 0 Å². The maximum atomic E-state index is 13.1. The molecule has 0 radical (unpaired) electrons. The summed E-state index contributed by atoms with van der Waals surface area (Å²) in [4.78, 5) is 3.87. The van der Waals surface area contributed by atoms with E-state index in [1.54, 1.807) is 0 Å². The third-order valence-electron chi connectivity index (χ3n) is 4.45. The molecule has 1 aromatic carbocycles. The summed E-state index contributed by atoms with van der Waals surface area (Å²) in [7, 11) is -3.43. The van der Waals surface area contributed by atoms with Gasteiger partial charge in [-0.15, -0.1) is 0 Å². The number of benzene rings is 1. The Morgan fingerprint density at radius 1 is 1.19 bits per heavy atom. The zero-order valence-corrected chi connectivity index (χ0v) is 15.2. The number of pyridine rings is 1. The minimum absolute atomic E-state index is 0.0268. The van der Waals surface area contributed by atoms with Crippen LogP contribution in [-0.2, 0) is 16.0 Å². The van der Waals surface area contributed by atoms with Crippen LogP contribution < -0.4 is 4.74 Å². The van der Waals surface area contributed by atoms with Gasteiger partial charge in [-0.05, 0) is 43.0 Å². The van der Waals surface area contributed by atoms with Gasteiger partial charge >= 0.3 is 6.18 Å². The number of aliphatic hydroxyl groups is 1. The predicted molar refractivity (Wildman–Crippen MR) is 92.1 cm³/mol. The van der Waals surface area contributed by atoms with Gasteiger partial charge in [0.1, 0.15) is 6.10 Å². The van der Waals surface area contributed by atoms with E-state index in [4.69, 9.17) is 4.74 Å². The highest BCUT2D eigenvalue weighted by atomic mass is 32.2. The summed E-state index contributed by atoms with van der Waals surface area (Å²) in [5.41, 5.74) is -0.517. The summed E-state index contributed by atoms with van der Waals surface area (Å²) in [6.07, 6.45) is -2.20. The minimum Gasteiger partial charge on any atom is -0.471 e. The molecule has 0 aliphatic heterocycles. The lowest BCUT2D eigenvalue weighted by atomic mass is 10.0. The van der Waals surface area contributed by atoms with Gasteiger partial charge in [0, 0.05) is 18.0 Å². The lowest BCUT2D eigenvalue weighted by Gasteiger charge is -2.19. The van der Waals surface area contributed by atoms with Crippen LogP contribution in [0.4, 0.5) is 13.2 Å². The third-order valence-corrected chi connectivity index (χ3v) is 5.58. The SMILES string of the molecule is CS(=O)(=O)c1ccc(-c2cc(C(F)(F)F)cnc2O[C@@H]2CCC[C@H]2O)cc1. The Balaban J connectivity index is 2.04. The van der Waals surface area contributed by atoms with Crippen molar-refractivity contribution >= 4 is 9.84 Å². The number of aliphatic hydroxyl groups excluding tert-OH is 1. The number of sulfone groups is 1. The van der Waals surface area contributed by atoms with Crippen LogP contribution in [-0.4, -0.2) is 37.0 Å².